The highest BCUT2D eigenvalue weighted by molar-refractivity contribution is 7.87. The molecular weight excluding hydrogens is 364 g/mol. The molecule has 27 heavy (non-hydrogen) atoms. The van der Waals surface area contributed by atoms with E-state index in [0.29, 0.717) is 0 Å². The van der Waals surface area contributed by atoms with E-state index < -0.39 is 16.0 Å². The molecule has 7 heteroatoms. The average molecular weight is 378 g/mol. The average Bonchev–Trinajstić information content (AvgIpc) is 2.66. The van der Waals surface area contributed by atoms with Crippen molar-refractivity contribution in [3.8, 4) is 11.8 Å². The first-order chi connectivity index (χ1) is 12.9. The maximum absolute atomic E-state index is 12.7. The third-order valence-corrected chi connectivity index (χ3v) is 5.04. The standard InChI is InChI=1S/C20H14N2O4S/c21-13-17(20(22)23)11-16-7-3-4-8-19(16)26-27(24,25)18-10-9-14-5-1-2-6-15(14)12-18/h1-12H,(H2,22,23)/b17-11+. The van der Waals surface area contributed by atoms with E-state index in [2.05, 4.69) is 0 Å². The Morgan fingerprint density at radius 2 is 1.67 bits per heavy atom. The van der Waals surface area contributed by atoms with E-state index >= 15 is 0 Å². The van der Waals surface area contributed by atoms with E-state index in [9.17, 15) is 13.2 Å². The van der Waals surface area contributed by atoms with Gasteiger partial charge in [0.05, 0.1) is 0 Å². The lowest BCUT2D eigenvalue weighted by Gasteiger charge is -2.10. The van der Waals surface area contributed by atoms with Gasteiger partial charge in [-0.15, -0.1) is 0 Å². The Labute approximate surface area is 156 Å². The zero-order valence-electron chi connectivity index (χ0n) is 14.0. The minimum absolute atomic E-state index is 0.00427. The van der Waals surface area contributed by atoms with E-state index in [0.717, 1.165) is 10.8 Å². The van der Waals surface area contributed by atoms with Crippen molar-refractivity contribution in [1.82, 2.24) is 0 Å². The molecule has 0 heterocycles. The summed E-state index contributed by atoms with van der Waals surface area (Å²) in [6.07, 6.45) is 1.19. The number of hydrogen-bond acceptors (Lipinski definition) is 5. The predicted molar refractivity (Wildman–Crippen MR) is 101 cm³/mol. The number of carbonyl (C=O) groups is 1. The van der Waals surface area contributed by atoms with Crippen molar-refractivity contribution in [3.05, 3.63) is 77.9 Å². The van der Waals surface area contributed by atoms with Gasteiger partial charge in [-0.05, 0) is 35.0 Å². The van der Waals surface area contributed by atoms with Crippen molar-refractivity contribution in [2.45, 2.75) is 4.90 Å². The summed E-state index contributed by atoms with van der Waals surface area (Å²) in [4.78, 5) is 11.2. The third-order valence-electron chi connectivity index (χ3n) is 3.81. The first-order valence-electron chi connectivity index (χ1n) is 7.84. The summed E-state index contributed by atoms with van der Waals surface area (Å²) in [6, 6.07) is 19.9. The maximum Gasteiger partial charge on any atom is 0.339 e. The van der Waals surface area contributed by atoms with Gasteiger partial charge >= 0.3 is 10.1 Å². The lowest BCUT2D eigenvalue weighted by Crippen LogP contribution is -2.13. The summed E-state index contributed by atoms with van der Waals surface area (Å²) in [6.45, 7) is 0. The molecule has 6 nitrogen and oxygen atoms in total. The van der Waals surface area contributed by atoms with Crippen LogP contribution >= 0.6 is 0 Å². The van der Waals surface area contributed by atoms with E-state index in [1.54, 1.807) is 30.3 Å². The number of rotatable bonds is 5. The van der Waals surface area contributed by atoms with Crippen LogP contribution in [-0.2, 0) is 14.9 Å². The van der Waals surface area contributed by atoms with E-state index in [-0.39, 0.29) is 21.8 Å². The first kappa shape index (κ1) is 18.2. The zero-order valence-corrected chi connectivity index (χ0v) is 14.8. The second-order valence-electron chi connectivity index (χ2n) is 5.62. The maximum atomic E-state index is 12.7. The number of fused-ring (bicyclic) bond motifs is 1. The Kier molecular flexibility index (Phi) is 4.92. The molecule has 0 unspecified atom stereocenters. The number of nitriles is 1. The van der Waals surface area contributed by atoms with Crippen molar-refractivity contribution in [2.75, 3.05) is 0 Å². The van der Waals surface area contributed by atoms with Crippen LogP contribution in [0.25, 0.3) is 16.8 Å². The van der Waals surface area contributed by atoms with Crippen LogP contribution < -0.4 is 9.92 Å². The van der Waals surface area contributed by atoms with Gasteiger partial charge in [-0.2, -0.15) is 13.7 Å². The van der Waals surface area contributed by atoms with Crippen LogP contribution in [0, 0.1) is 11.3 Å². The topological polar surface area (TPSA) is 110 Å². The van der Waals surface area contributed by atoms with Crippen molar-refractivity contribution < 1.29 is 17.4 Å². The summed E-state index contributed by atoms with van der Waals surface area (Å²) in [7, 11) is -4.12. The largest absolute Gasteiger partial charge is 0.378 e. The number of benzene rings is 3. The molecular formula is C20H14N2O4S. The first-order valence-corrected chi connectivity index (χ1v) is 9.25. The Morgan fingerprint density at radius 1 is 1.00 bits per heavy atom. The quantitative estimate of drug-likeness (QED) is 0.417. The van der Waals surface area contributed by atoms with Gasteiger partial charge in [-0.3, -0.25) is 4.79 Å². The number of primary amides is 1. The van der Waals surface area contributed by atoms with Crippen LogP contribution in [-0.4, -0.2) is 14.3 Å². The number of carbonyl (C=O) groups excluding carboxylic acids is 1. The number of amides is 1. The Bertz CT molecular complexity index is 1210. The van der Waals surface area contributed by atoms with Crippen LogP contribution in [0.3, 0.4) is 0 Å². The van der Waals surface area contributed by atoms with Gasteiger partial charge in [0.1, 0.15) is 22.3 Å². The van der Waals surface area contributed by atoms with Gasteiger partial charge < -0.3 is 9.92 Å². The van der Waals surface area contributed by atoms with Crippen LogP contribution in [0.2, 0.25) is 0 Å². The Morgan fingerprint density at radius 3 is 2.37 bits per heavy atom. The molecule has 0 aliphatic heterocycles. The van der Waals surface area contributed by atoms with Crippen LogP contribution in [0.5, 0.6) is 5.75 Å². The lowest BCUT2D eigenvalue weighted by molar-refractivity contribution is -0.114. The number of nitrogens with zero attached hydrogens (tertiary/aromatic N) is 1. The number of hydrogen-bond donors (Lipinski definition) is 1. The predicted octanol–water partition coefficient (Wildman–Crippen LogP) is 3.00. The van der Waals surface area contributed by atoms with E-state index in [1.807, 2.05) is 18.2 Å². The van der Waals surface area contributed by atoms with E-state index in [4.69, 9.17) is 15.2 Å². The summed E-state index contributed by atoms with van der Waals surface area (Å²) in [5.41, 5.74) is 5.06. The van der Waals surface area contributed by atoms with Gasteiger partial charge in [-0.25, -0.2) is 0 Å². The van der Waals surface area contributed by atoms with Gasteiger partial charge in [-0.1, -0.05) is 48.5 Å². The summed E-state index contributed by atoms with van der Waals surface area (Å²) in [5, 5.41) is 10.6. The number of para-hydroxylation sites is 1. The molecule has 0 aliphatic rings. The second-order valence-corrected chi connectivity index (χ2v) is 7.16. The molecule has 0 radical (unpaired) electrons. The Balaban J connectivity index is 2.01. The lowest BCUT2D eigenvalue weighted by atomic mass is 10.1. The molecule has 0 spiro atoms. The molecule has 3 rings (SSSR count). The minimum Gasteiger partial charge on any atom is -0.378 e. The van der Waals surface area contributed by atoms with Crippen molar-refractivity contribution in [2.24, 2.45) is 5.73 Å². The number of nitrogens with two attached hydrogens (primary N) is 1. The normalized spacial score (nSPS) is 11.7. The third kappa shape index (κ3) is 3.97. The molecule has 2 N–H and O–H groups in total. The van der Waals surface area contributed by atoms with Crippen LogP contribution in [0.1, 0.15) is 5.56 Å². The molecule has 0 bridgehead atoms. The zero-order chi connectivity index (χ0) is 19.4. The van der Waals surface area contributed by atoms with Gasteiger partial charge in [0.15, 0.2) is 0 Å². The second kappa shape index (κ2) is 7.32. The SMILES string of the molecule is N#C/C(=C\c1ccccc1OS(=O)(=O)c1ccc2ccccc2c1)C(N)=O. The highest BCUT2D eigenvalue weighted by atomic mass is 32.2. The minimum atomic E-state index is -4.12. The smallest absolute Gasteiger partial charge is 0.339 e. The monoisotopic (exact) mass is 378 g/mol. The highest BCUT2D eigenvalue weighted by Crippen LogP contribution is 2.26. The fraction of sp³-hybridized carbons (Fsp3) is 0. The van der Waals surface area contributed by atoms with Crippen molar-refractivity contribution in [1.29, 1.82) is 5.26 Å². The van der Waals surface area contributed by atoms with Gasteiger partial charge in [0.2, 0.25) is 0 Å². The molecule has 134 valence electrons. The van der Waals surface area contributed by atoms with Crippen LogP contribution in [0.15, 0.2) is 77.2 Å². The summed E-state index contributed by atoms with van der Waals surface area (Å²) in [5.74, 6) is -0.927. The molecule has 1 amide bonds. The molecule has 0 aliphatic carbocycles. The fourth-order valence-corrected chi connectivity index (χ4v) is 3.47. The Hall–Kier alpha value is -3.63. The molecule has 0 fully saturated rings. The molecule has 3 aromatic rings. The van der Waals surface area contributed by atoms with Crippen molar-refractivity contribution in [3.63, 3.8) is 0 Å². The highest BCUT2D eigenvalue weighted by Gasteiger charge is 2.19. The summed E-state index contributed by atoms with van der Waals surface area (Å²) < 4.78 is 30.6. The summed E-state index contributed by atoms with van der Waals surface area (Å²) >= 11 is 0. The fourth-order valence-electron chi connectivity index (χ4n) is 2.48. The molecule has 3 aromatic carbocycles. The molecule has 0 atom stereocenters. The molecule has 0 aromatic heterocycles. The molecule has 0 saturated heterocycles. The van der Waals surface area contributed by atoms with Gasteiger partial charge in [0.25, 0.3) is 5.91 Å². The van der Waals surface area contributed by atoms with E-state index in [1.165, 1.54) is 30.3 Å². The molecule has 0 saturated carbocycles. The van der Waals surface area contributed by atoms with Gasteiger partial charge in [0, 0.05) is 5.56 Å². The van der Waals surface area contributed by atoms with Crippen molar-refractivity contribution >= 4 is 32.9 Å². The van der Waals surface area contributed by atoms with Crippen LogP contribution in [0.4, 0.5) is 0 Å².